The van der Waals surface area contributed by atoms with E-state index >= 15 is 0 Å². The largest absolute Gasteiger partial charge is 0.394 e. The van der Waals surface area contributed by atoms with Gasteiger partial charge in [0.1, 0.15) is 0 Å². The van der Waals surface area contributed by atoms with Gasteiger partial charge in [0.25, 0.3) is 5.91 Å². The Kier molecular flexibility index (Phi) is 8.47. The minimum atomic E-state index is -0.236. The molecule has 1 aliphatic rings. The molecule has 0 radical (unpaired) electrons. The number of halogens is 1. The van der Waals surface area contributed by atoms with E-state index in [4.69, 9.17) is 5.73 Å². The molecule has 1 aromatic heterocycles. The van der Waals surface area contributed by atoms with E-state index < -0.39 is 0 Å². The zero-order valence-corrected chi connectivity index (χ0v) is 22.7. The second-order valence-electron chi connectivity index (χ2n) is 9.87. The molecule has 0 saturated heterocycles. The standard InChI is InChI=1S/C26H38BrN5O2/c1-14-21(26(34)29-13-22-16(3)30-17(4)24(28)25(22)33)11-19(27)12-23(14)31-15(2)18-7-9-20(10-8-18)32(5)6/h11-12,15,18,20,31H,7-10,13,28H2,1-6H3,(H,29,34)(H,30,33). The van der Waals surface area contributed by atoms with E-state index in [1.54, 1.807) is 6.92 Å². The Bertz CT molecular complexity index is 1100. The lowest BCUT2D eigenvalue weighted by molar-refractivity contribution is 0.0950. The van der Waals surface area contributed by atoms with Crippen LogP contribution in [0.2, 0.25) is 0 Å². The molecule has 2 aromatic rings. The molecule has 0 bridgehead atoms. The molecule has 1 heterocycles. The number of benzene rings is 1. The maximum atomic E-state index is 13.1. The number of hydrogen-bond donors (Lipinski definition) is 4. The summed E-state index contributed by atoms with van der Waals surface area (Å²) in [4.78, 5) is 31.1. The van der Waals surface area contributed by atoms with Crippen LogP contribution >= 0.6 is 15.9 Å². The van der Waals surface area contributed by atoms with Crippen LogP contribution in [0.25, 0.3) is 0 Å². The Morgan fingerprint density at radius 1 is 1.18 bits per heavy atom. The van der Waals surface area contributed by atoms with Crippen LogP contribution in [0.3, 0.4) is 0 Å². The summed E-state index contributed by atoms with van der Waals surface area (Å²) in [5.74, 6) is 0.382. The van der Waals surface area contributed by atoms with Crippen molar-refractivity contribution in [3.05, 3.63) is 54.9 Å². The number of aromatic nitrogens is 1. The van der Waals surface area contributed by atoms with Crippen molar-refractivity contribution in [1.29, 1.82) is 0 Å². The van der Waals surface area contributed by atoms with E-state index in [1.165, 1.54) is 25.7 Å². The molecule has 8 heteroatoms. The zero-order valence-electron chi connectivity index (χ0n) is 21.1. The number of nitrogens with zero attached hydrogens (tertiary/aromatic N) is 1. The summed E-state index contributed by atoms with van der Waals surface area (Å²) in [6, 6.07) is 4.84. The molecule has 1 atom stereocenters. The van der Waals surface area contributed by atoms with Crippen LogP contribution in [0.5, 0.6) is 0 Å². The molecular formula is C26H38BrN5O2. The van der Waals surface area contributed by atoms with Gasteiger partial charge in [-0.15, -0.1) is 0 Å². The summed E-state index contributed by atoms with van der Waals surface area (Å²) in [7, 11) is 4.32. The number of pyridine rings is 1. The van der Waals surface area contributed by atoms with Gasteiger partial charge in [-0.3, -0.25) is 9.59 Å². The highest BCUT2D eigenvalue weighted by Gasteiger charge is 2.27. The van der Waals surface area contributed by atoms with Crippen molar-refractivity contribution in [2.75, 3.05) is 25.1 Å². The number of aromatic amines is 1. The van der Waals surface area contributed by atoms with Gasteiger partial charge < -0.3 is 26.3 Å². The highest BCUT2D eigenvalue weighted by Crippen LogP contribution is 2.32. The van der Waals surface area contributed by atoms with Crippen molar-refractivity contribution in [2.24, 2.45) is 5.92 Å². The van der Waals surface area contributed by atoms with Crippen LogP contribution in [0.15, 0.2) is 21.4 Å². The molecule has 0 spiro atoms. The number of nitrogens with two attached hydrogens (primary N) is 1. The van der Waals surface area contributed by atoms with Gasteiger partial charge in [0.2, 0.25) is 5.43 Å². The third-order valence-corrected chi connectivity index (χ3v) is 7.81. The fourth-order valence-corrected chi connectivity index (χ4v) is 5.41. The molecule has 7 nitrogen and oxygen atoms in total. The minimum Gasteiger partial charge on any atom is -0.394 e. The Labute approximate surface area is 211 Å². The third kappa shape index (κ3) is 5.84. The van der Waals surface area contributed by atoms with Gasteiger partial charge in [-0.2, -0.15) is 0 Å². The first-order chi connectivity index (χ1) is 16.0. The number of carbonyl (C=O) groups excluding carboxylic acids is 1. The molecule has 186 valence electrons. The second kappa shape index (κ2) is 11.0. The predicted molar refractivity (Wildman–Crippen MR) is 144 cm³/mol. The quantitative estimate of drug-likeness (QED) is 0.421. The minimum absolute atomic E-state index is 0.116. The van der Waals surface area contributed by atoms with Crippen molar-refractivity contribution in [3.8, 4) is 0 Å². The molecule has 1 unspecified atom stereocenters. The van der Waals surface area contributed by atoms with Crippen LogP contribution in [-0.4, -0.2) is 42.0 Å². The highest BCUT2D eigenvalue weighted by molar-refractivity contribution is 9.10. The van der Waals surface area contributed by atoms with Gasteiger partial charge in [-0.25, -0.2) is 0 Å². The number of aryl methyl sites for hydroxylation is 2. The maximum Gasteiger partial charge on any atom is 0.251 e. The van der Waals surface area contributed by atoms with Crippen LogP contribution < -0.4 is 21.8 Å². The zero-order chi connectivity index (χ0) is 25.2. The Balaban J connectivity index is 1.72. The fourth-order valence-electron chi connectivity index (χ4n) is 4.95. The van der Waals surface area contributed by atoms with Crippen molar-refractivity contribution >= 4 is 33.2 Å². The summed E-state index contributed by atoms with van der Waals surface area (Å²) in [5, 5.41) is 6.57. The number of H-pyrrole nitrogens is 1. The topological polar surface area (TPSA) is 103 Å². The predicted octanol–water partition coefficient (Wildman–Crippen LogP) is 4.50. The van der Waals surface area contributed by atoms with E-state index in [0.29, 0.717) is 40.5 Å². The summed E-state index contributed by atoms with van der Waals surface area (Å²) in [5.41, 5.74) is 10.1. The van der Waals surface area contributed by atoms with Gasteiger partial charge >= 0.3 is 0 Å². The normalized spacial score (nSPS) is 19.2. The first kappa shape index (κ1) is 26.3. The van der Waals surface area contributed by atoms with E-state index in [9.17, 15) is 9.59 Å². The Hall–Kier alpha value is -2.32. The lowest BCUT2D eigenvalue weighted by Crippen LogP contribution is -2.36. The number of hydrogen-bond acceptors (Lipinski definition) is 5. The fraction of sp³-hybridized carbons (Fsp3) is 0.538. The molecule has 34 heavy (non-hydrogen) atoms. The molecular weight excluding hydrogens is 494 g/mol. The number of rotatable bonds is 7. The van der Waals surface area contributed by atoms with Gasteiger partial charge in [0.05, 0.1) is 5.69 Å². The van der Waals surface area contributed by atoms with Gasteiger partial charge in [0.15, 0.2) is 0 Å². The van der Waals surface area contributed by atoms with E-state index in [0.717, 1.165) is 15.7 Å². The maximum absolute atomic E-state index is 13.1. The van der Waals surface area contributed by atoms with E-state index in [-0.39, 0.29) is 23.6 Å². The summed E-state index contributed by atoms with van der Waals surface area (Å²) in [6.07, 6.45) is 4.84. The average Bonchev–Trinajstić information content (AvgIpc) is 2.79. The van der Waals surface area contributed by atoms with Crippen molar-refractivity contribution in [2.45, 2.75) is 72.0 Å². The van der Waals surface area contributed by atoms with Crippen LogP contribution in [0, 0.1) is 26.7 Å². The number of carbonyl (C=O) groups is 1. The molecule has 1 aliphatic carbocycles. The third-order valence-electron chi connectivity index (χ3n) is 7.36. The molecule has 0 aliphatic heterocycles. The van der Waals surface area contributed by atoms with Crippen molar-refractivity contribution < 1.29 is 4.79 Å². The summed E-state index contributed by atoms with van der Waals surface area (Å²) >= 11 is 3.56. The van der Waals surface area contributed by atoms with E-state index in [2.05, 4.69) is 57.5 Å². The summed E-state index contributed by atoms with van der Waals surface area (Å²) < 4.78 is 0.836. The van der Waals surface area contributed by atoms with Crippen molar-refractivity contribution in [1.82, 2.24) is 15.2 Å². The molecule has 5 N–H and O–H groups in total. The Morgan fingerprint density at radius 2 is 1.82 bits per heavy atom. The van der Waals surface area contributed by atoms with Crippen LogP contribution in [-0.2, 0) is 6.54 Å². The lowest BCUT2D eigenvalue weighted by Gasteiger charge is -2.36. The lowest BCUT2D eigenvalue weighted by atomic mass is 9.81. The number of anilines is 2. The molecule has 1 amide bonds. The van der Waals surface area contributed by atoms with Gasteiger partial charge in [-0.1, -0.05) is 15.9 Å². The first-order valence-corrected chi connectivity index (χ1v) is 12.8. The second-order valence-corrected chi connectivity index (χ2v) is 10.8. The number of nitrogen functional groups attached to an aromatic ring is 1. The molecule has 1 aromatic carbocycles. The number of nitrogens with one attached hydrogen (secondary N) is 3. The molecule has 1 saturated carbocycles. The molecule has 3 rings (SSSR count). The highest BCUT2D eigenvalue weighted by atomic mass is 79.9. The monoisotopic (exact) mass is 531 g/mol. The van der Waals surface area contributed by atoms with Crippen molar-refractivity contribution in [3.63, 3.8) is 0 Å². The van der Waals surface area contributed by atoms with E-state index in [1.807, 2.05) is 26.0 Å². The van der Waals surface area contributed by atoms with Gasteiger partial charge in [-0.05, 0) is 91.1 Å². The first-order valence-electron chi connectivity index (χ1n) is 12.0. The Morgan fingerprint density at radius 3 is 2.44 bits per heavy atom. The molecule has 1 fully saturated rings. The summed E-state index contributed by atoms with van der Waals surface area (Å²) in [6.45, 7) is 7.89. The smallest absolute Gasteiger partial charge is 0.251 e. The average molecular weight is 533 g/mol. The van der Waals surface area contributed by atoms with Crippen LogP contribution in [0.4, 0.5) is 11.4 Å². The number of amides is 1. The SMILES string of the molecule is Cc1[nH]c(C)c(CNC(=O)c2cc(Br)cc(NC(C)C3CCC(N(C)C)CC3)c2C)c(=O)c1N. The van der Waals surface area contributed by atoms with Crippen LogP contribution in [0.1, 0.15) is 65.5 Å². The van der Waals surface area contributed by atoms with Gasteiger partial charge in [0, 0.05) is 51.3 Å².